The van der Waals surface area contributed by atoms with Crippen LogP contribution in [-0.4, -0.2) is 55.8 Å². The molecule has 0 aliphatic heterocycles. The zero-order chi connectivity index (χ0) is 17.0. The Labute approximate surface area is 135 Å². The fraction of sp³-hybridized carbons (Fsp3) is 0.600. The summed E-state index contributed by atoms with van der Waals surface area (Å²) in [5.41, 5.74) is 0.261. The number of aromatic nitrogens is 4. The van der Waals surface area contributed by atoms with Gasteiger partial charge in [0.2, 0.25) is 5.91 Å². The third kappa shape index (κ3) is 3.76. The molecule has 1 unspecified atom stereocenters. The molecule has 0 fully saturated rings. The smallest absolute Gasteiger partial charge is 0.264 e. The van der Waals surface area contributed by atoms with Gasteiger partial charge < -0.3 is 5.32 Å². The lowest BCUT2D eigenvalue weighted by atomic mass is 10.2. The second-order valence-corrected chi connectivity index (χ2v) is 5.56. The Morgan fingerprint density at radius 2 is 2.09 bits per heavy atom. The van der Waals surface area contributed by atoms with Gasteiger partial charge >= 0.3 is 0 Å². The number of amides is 1. The molecule has 1 N–H and O–H groups in total. The van der Waals surface area contributed by atoms with Gasteiger partial charge in [0.25, 0.3) is 5.56 Å². The average Bonchev–Trinajstić information content (AvgIpc) is 2.91. The van der Waals surface area contributed by atoms with Gasteiger partial charge in [0.1, 0.15) is 18.3 Å². The van der Waals surface area contributed by atoms with Crippen molar-refractivity contribution in [3.05, 3.63) is 22.9 Å². The second-order valence-electron chi connectivity index (χ2n) is 5.56. The lowest BCUT2D eigenvalue weighted by Crippen LogP contribution is -2.43. The van der Waals surface area contributed by atoms with Crippen molar-refractivity contribution in [2.75, 3.05) is 19.6 Å². The van der Waals surface area contributed by atoms with Crippen LogP contribution in [0.5, 0.6) is 0 Å². The Kier molecular flexibility index (Phi) is 5.49. The monoisotopic (exact) mass is 320 g/mol. The molecular formula is C15H24N6O2. The van der Waals surface area contributed by atoms with Crippen LogP contribution in [0.2, 0.25) is 0 Å². The van der Waals surface area contributed by atoms with E-state index in [0.29, 0.717) is 17.6 Å². The number of carbonyl (C=O) groups excluding carboxylic acids is 1. The molecule has 0 aliphatic carbocycles. The van der Waals surface area contributed by atoms with Crippen molar-refractivity contribution in [1.82, 2.24) is 29.5 Å². The van der Waals surface area contributed by atoms with Crippen molar-refractivity contribution >= 4 is 16.9 Å². The molecule has 8 nitrogen and oxygen atoms in total. The van der Waals surface area contributed by atoms with Gasteiger partial charge in [-0.05, 0) is 20.0 Å². The quantitative estimate of drug-likeness (QED) is 0.775. The third-order valence-electron chi connectivity index (χ3n) is 4.06. The average molecular weight is 320 g/mol. The number of aryl methyl sites for hydroxylation is 1. The molecule has 0 saturated carbocycles. The van der Waals surface area contributed by atoms with E-state index in [9.17, 15) is 9.59 Å². The molecular weight excluding hydrogens is 296 g/mol. The molecule has 23 heavy (non-hydrogen) atoms. The SMILES string of the molecule is CCN(CC)C(C)CNC(=O)Cn1cnc2c(cnn2C)c1=O. The molecule has 1 amide bonds. The molecule has 2 aromatic heterocycles. The number of likely N-dealkylation sites (N-methyl/N-ethyl adjacent to an activating group) is 1. The van der Waals surface area contributed by atoms with Gasteiger partial charge in [-0.3, -0.25) is 23.7 Å². The molecule has 0 radical (unpaired) electrons. The number of hydrogen-bond acceptors (Lipinski definition) is 5. The summed E-state index contributed by atoms with van der Waals surface area (Å²) in [4.78, 5) is 30.8. The first-order valence-corrected chi connectivity index (χ1v) is 7.85. The largest absolute Gasteiger partial charge is 0.353 e. The third-order valence-corrected chi connectivity index (χ3v) is 4.06. The van der Waals surface area contributed by atoms with Gasteiger partial charge in [0.05, 0.1) is 6.20 Å². The van der Waals surface area contributed by atoms with Crippen LogP contribution in [0, 0.1) is 0 Å². The van der Waals surface area contributed by atoms with Crippen molar-refractivity contribution in [2.24, 2.45) is 7.05 Å². The van der Waals surface area contributed by atoms with Crippen LogP contribution in [0.15, 0.2) is 17.3 Å². The van der Waals surface area contributed by atoms with Crippen LogP contribution < -0.4 is 10.9 Å². The summed E-state index contributed by atoms with van der Waals surface area (Å²) in [5.74, 6) is -0.198. The molecule has 8 heteroatoms. The lowest BCUT2D eigenvalue weighted by molar-refractivity contribution is -0.121. The van der Waals surface area contributed by atoms with Crippen LogP contribution in [0.4, 0.5) is 0 Å². The predicted molar refractivity (Wildman–Crippen MR) is 88.2 cm³/mol. The lowest BCUT2D eigenvalue weighted by Gasteiger charge is -2.26. The maximum absolute atomic E-state index is 12.3. The van der Waals surface area contributed by atoms with Gasteiger partial charge in [0.15, 0.2) is 5.65 Å². The second kappa shape index (κ2) is 7.36. The summed E-state index contributed by atoms with van der Waals surface area (Å²) in [6.07, 6.45) is 2.86. The number of rotatable bonds is 7. The highest BCUT2D eigenvalue weighted by atomic mass is 16.2. The molecule has 2 heterocycles. The van der Waals surface area contributed by atoms with Gasteiger partial charge in [-0.2, -0.15) is 5.10 Å². The van der Waals surface area contributed by atoms with E-state index in [1.165, 1.54) is 21.8 Å². The number of fused-ring (bicyclic) bond motifs is 1. The summed E-state index contributed by atoms with van der Waals surface area (Å²) >= 11 is 0. The summed E-state index contributed by atoms with van der Waals surface area (Å²) < 4.78 is 2.84. The van der Waals surface area contributed by atoms with Crippen LogP contribution in [0.1, 0.15) is 20.8 Å². The molecule has 1 atom stereocenters. The first-order chi connectivity index (χ1) is 11.0. The van der Waals surface area contributed by atoms with Crippen LogP contribution >= 0.6 is 0 Å². The van der Waals surface area contributed by atoms with Gasteiger partial charge in [-0.15, -0.1) is 0 Å². The molecule has 2 aromatic rings. The number of carbonyl (C=O) groups is 1. The fourth-order valence-corrected chi connectivity index (χ4v) is 2.63. The standard InChI is InChI=1S/C15H24N6O2/c1-5-20(6-2)11(3)7-16-13(22)9-21-10-17-14-12(15(21)23)8-18-19(14)4/h8,10-11H,5-7,9H2,1-4H3,(H,16,22). The maximum atomic E-state index is 12.3. The normalized spacial score (nSPS) is 12.7. The van der Waals surface area contributed by atoms with Crippen molar-refractivity contribution in [1.29, 1.82) is 0 Å². The minimum Gasteiger partial charge on any atom is -0.353 e. The van der Waals surface area contributed by atoms with E-state index < -0.39 is 0 Å². The summed E-state index contributed by atoms with van der Waals surface area (Å²) in [7, 11) is 1.72. The van der Waals surface area contributed by atoms with Crippen LogP contribution in [0.25, 0.3) is 11.0 Å². The Balaban J connectivity index is 2.01. The Morgan fingerprint density at radius 3 is 2.74 bits per heavy atom. The summed E-state index contributed by atoms with van der Waals surface area (Å²) in [5, 5.41) is 7.30. The van der Waals surface area contributed by atoms with Crippen molar-refractivity contribution in [3.63, 3.8) is 0 Å². The van der Waals surface area contributed by atoms with Crippen LogP contribution in [0.3, 0.4) is 0 Å². The maximum Gasteiger partial charge on any atom is 0.264 e. The summed E-state index contributed by atoms with van der Waals surface area (Å²) in [6, 6.07) is 0.254. The van der Waals surface area contributed by atoms with Crippen molar-refractivity contribution < 1.29 is 4.79 Å². The van der Waals surface area contributed by atoms with Gasteiger partial charge in [0, 0.05) is 19.6 Å². The Hall–Kier alpha value is -2.22. The predicted octanol–water partition coefficient (Wildman–Crippen LogP) is -0.0235. The van der Waals surface area contributed by atoms with E-state index in [-0.39, 0.29) is 24.1 Å². The Bertz CT molecular complexity index is 731. The molecule has 0 bridgehead atoms. The zero-order valence-corrected chi connectivity index (χ0v) is 14.1. The number of nitrogens with one attached hydrogen (secondary N) is 1. The van der Waals surface area contributed by atoms with Gasteiger partial charge in [-0.1, -0.05) is 13.8 Å². The van der Waals surface area contributed by atoms with Crippen LogP contribution in [-0.2, 0) is 18.4 Å². The molecule has 2 rings (SSSR count). The highest BCUT2D eigenvalue weighted by Crippen LogP contribution is 2.03. The Morgan fingerprint density at radius 1 is 1.39 bits per heavy atom. The minimum absolute atomic E-state index is 0.0400. The zero-order valence-electron chi connectivity index (χ0n) is 14.1. The van der Waals surface area contributed by atoms with E-state index in [2.05, 4.69) is 41.1 Å². The van der Waals surface area contributed by atoms with E-state index in [1.807, 2.05) is 0 Å². The fourth-order valence-electron chi connectivity index (χ4n) is 2.63. The number of nitrogens with zero attached hydrogens (tertiary/aromatic N) is 5. The van der Waals surface area contributed by atoms with E-state index in [0.717, 1.165) is 13.1 Å². The van der Waals surface area contributed by atoms with Gasteiger partial charge in [-0.25, -0.2) is 4.98 Å². The van der Waals surface area contributed by atoms with E-state index >= 15 is 0 Å². The number of hydrogen-bond donors (Lipinski definition) is 1. The highest BCUT2D eigenvalue weighted by Gasteiger charge is 2.13. The molecule has 0 aromatic carbocycles. The van der Waals surface area contributed by atoms with E-state index in [1.54, 1.807) is 7.05 Å². The topological polar surface area (TPSA) is 85.1 Å². The molecule has 0 aliphatic rings. The van der Waals surface area contributed by atoms with Crippen molar-refractivity contribution in [2.45, 2.75) is 33.4 Å². The first kappa shape index (κ1) is 17.1. The van der Waals surface area contributed by atoms with E-state index in [4.69, 9.17) is 0 Å². The molecule has 126 valence electrons. The summed E-state index contributed by atoms with van der Waals surface area (Å²) in [6.45, 7) is 8.65. The molecule has 0 spiro atoms. The molecule has 0 saturated heterocycles. The first-order valence-electron chi connectivity index (χ1n) is 7.85. The highest BCUT2D eigenvalue weighted by molar-refractivity contribution is 5.77. The van der Waals surface area contributed by atoms with Crippen molar-refractivity contribution in [3.8, 4) is 0 Å². The minimum atomic E-state index is -0.255.